The topological polar surface area (TPSA) is 95.0 Å². The minimum Gasteiger partial charge on any atom is -0.507 e. The first kappa shape index (κ1) is 23.0. The van der Waals surface area contributed by atoms with Crippen LogP contribution in [0.5, 0.6) is 5.75 Å². The van der Waals surface area contributed by atoms with E-state index in [4.69, 9.17) is 9.73 Å². The van der Waals surface area contributed by atoms with Crippen LogP contribution in [0.25, 0.3) is 0 Å². The number of ether oxygens (including phenoxy) is 1. The van der Waals surface area contributed by atoms with Crippen molar-refractivity contribution < 1.29 is 14.6 Å². The van der Waals surface area contributed by atoms with Gasteiger partial charge in [-0.05, 0) is 50.7 Å². The van der Waals surface area contributed by atoms with Crippen molar-refractivity contribution in [3.63, 3.8) is 0 Å². The summed E-state index contributed by atoms with van der Waals surface area (Å²) in [6, 6.07) is 6.53. The van der Waals surface area contributed by atoms with Gasteiger partial charge in [0.25, 0.3) is 5.91 Å². The van der Waals surface area contributed by atoms with Crippen molar-refractivity contribution in [2.45, 2.75) is 46.0 Å². The number of carbonyl (C=O) groups excluding carboxylic acids is 1. The van der Waals surface area contributed by atoms with Crippen LogP contribution in [0.2, 0.25) is 0 Å². The number of hydrogen-bond acceptors (Lipinski definition) is 4. The van der Waals surface area contributed by atoms with Crippen molar-refractivity contribution in [2.24, 2.45) is 10.4 Å². The van der Waals surface area contributed by atoms with Gasteiger partial charge >= 0.3 is 0 Å². The number of aromatic hydroxyl groups is 1. The third-order valence-corrected chi connectivity index (χ3v) is 5.41. The van der Waals surface area contributed by atoms with Crippen molar-refractivity contribution in [3.05, 3.63) is 29.8 Å². The van der Waals surface area contributed by atoms with Crippen molar-refractivity contribution in [1.82, 2.24) is 16.0 Å². The molecular weight excluding hydrogens is 368 g/mol. The fourth-order valence-corrected chi connectivity index (χ4v) is 3.75. The summed E-state index contributed by atoms with van der Waals surface area (Å²) in [6.45, 7) is 8.19. The smallest absolute Gasteiger partial charge is 0.255 e. The quantitative estimate of drug-likeness (QED) is 0.258. The van der Waals surface area contributed by atoms with E-state index in [9.17, 15) is 9.90 Å². The van der Waals surface area contributed by atoms with Gasteiger partial charge < -0.3 is 25.8 Å². The van der Waals surface area contributed by atoms with Gasteiger partial charge in [0.15, 0.2) is 5.96 Å². The molecular formula is C22H36N4O3. The Morgan fingerprint density at radius 1 is 1.14 bits per heavy atom. The van der Waals surface area contributed by atoms with Gasteiger partial charge in [-0.3, -0.25) is 9.79 Å². The van der Waals surface area contributed by atoms with Crippen LogP contribution >= 0.6 is 0 Å². The maximum Gasteiger partial charge on any atom is 0.255 e. The Kier molecular flexibility index (Phi) is 9.77. The van der Waals surface area contributed by atoms with Crippen LogP contribution in [-0.2, 0) is 4.74 Å². The normalized spacial score (nSPS) is 15.9. The van der Waals surface area contributed by atoms with Crippen molar-refractivity contribution >= 4 is 11.9 Å². The van der Waals surface area contributed by atoms with Crippen molar-refractivity contribution in [3.8, 4) is 5.75 Å². The van der Waals surface area contributed by atoms with Crippen LogP contribution in [0, 0.1) is 5.41 Å². The number of phenols is 1. The summed E-state index contributed by atoms with van der Waals surface area (Å²) >= 11 is 0. The zero-order chi connectivity index (χ0) is 21.0. The number of nitrogens with one attached hydrogen (secondary N) is 3. The number of guanidine groups is 1. The summed E-state index contributed by atoms with van der Waals surface area (Å²) in [7, 11) is 0. The summed E-state index contributed by atoms with van der Waals surface area (Å²) in [5.41, 5.74) is 0.530. The van der Waals surface area contributed by atoms with E-state index in [0.717, 1.165) is 38.7 Å². The third-order valence-electron chi connectivity index (χ3n) is 5.41. The minimum atomic E-state index is -0.285. The second kappa shape index (κ2) is 12.3. The van der Waals surface area contributed by atoms with Crippen molar-refractivity contribution in [2.75, 3.05) is 39.4 Å². The average molecular weight is 405 g/mol. The SMILES string of the molecule is CCNC(=NCC1(CCOCC)CCCC1)NCCNC(=O)c1ccccc1O. The van der Waals surface area contributed by atoms with E-state index in [-0.39, 0.29) is 22.6 Å². The largest absolute Gasteiger partial charge is 0.507 e. The molecule has 1 aromatic carbocycles. The Morgan fingerprint density at radius 2 is 1.86 bits per heavy atom. The van der Waals surface area contributed by atoms with Gasteiger partial charge in [0.05, 0.1) is 5.56 Å². The molecule has 0 radical (unpaired) electrons. The predicted molar refractivity (Wildman–Crippen MR) is 116 cm³/mol. The van der Waals surface area contributed by atoms with E-state index >= 15 is 0 Å². The number of carbonyl (C=O) groups is 1. The lowest BCUT2D eigenvalue weighted by Crippen LogP contribution is -2.42. The molecule has 7 heteroatoms. The molecule has 2 rings (SSSR count). The molecule has 29 heavy (non-hydrogen) atoms. The molecule has 1 aromatic rings. The fourth-order valence-electron chi connectivity index (χ4n) is 3.75. The Balaban J connectivity index is 1.82. The summed E-state index contributed by atoms with van der Waals surface area (Å²) in [5, 5.41) is 19.1. The minimum absolute atomic E-state index is 0.0122. The molecule has 1 aliphatic carbocycles. The lowest BCUT2D eigenvalue weighted by atomic mass is 9.83. The molecule has 1 fully saturated rings. The zero-order valence-corrected chi connectivity index (χ0v) is 17.8. The second-order valence-corrected chi connectivity index (χ2v) is 7.55. The molecule has 0 heterocycles. The summed E-state index contributed by atoms with van der Waals surface area (Å²) < 4.78 is 5.58. The molecule has 0 bridgehead atoms. The lowest BCUT2D eigenvalue weighted by molar-refractivity contribution is 0.0951. The maximum atomic E-state index is 12.1. The number of hydrogen-bond donors (Lipinski definition) is 4. The number of aliphatic imine (C=N–C) groups is 1. The highest BCUT2D eigenvalue weighted by Crippen LogP contribution is 2.41. The highest BCUT2D eigenvalue weighted by molar-refractivity contribution is 5.96. The molecule has 1 saturated carbocycles. The molecule has 0 spiro atoms. The standard InChI is InChI=1S/C22H36N4O3/c1-3-23-21(26-17-22(11-7-8-12-22)13-16-29-4-2)25-15-14-24-20(28)18-9-5-6-10-19(18)27/h5-6,9-10,27H,3-4,7-8,11-17H2,1-2H3,(H,24,28)(H2,23,25,26). The fraction of sp³-hybridized carbons (Fsp3) is 0.636. The van der Waals surface area contributed by atoms with Gasteiger partial charge in [0, 0.05) is 39.4 Å². The zero-order valence-electron chi connectivity index (χ0n) is 17.8. The first-order valence-electron chi connectivity index (χ1n) is 10.8. The summed E-state index contributed by atoms with van der Waals surface area (Å²) in [6.07, 6.45) is 6.01. The number of nitrogens with zero attached hydrogens (tertiary/aromatic N) is 1. The van der Waals surface area contributed by atoms with Gasteiger partial charge in [-0.1, -0.05) is 25.0 Å². The van der Waals surface area contributed by atoms with Crippen LogP contribution in [0.4, 0.5) is 0 Å². The second-order valence-electron chi connectivity index (χ2n) is 7.55. The molecule has 0 aromatic heterocycles. The molecule has 7 nitrogen and oxygen atoms in total. The summed E-state index contributed by atoms with van der Waals surface area (Å²) in [5.74, 6) is 0.474. The Morgan fingerprint density at radius 3 is 2.55 bits per heavy atom. The van der Waals surface area contributed by atoms with Gasteiger partial charge in [0.1, 0.15) is 5.75 Å². The van der Waals surface area contributed by atoms with Crippen LogP contribution in [0.1, 0.15) is 56.3 Å². The van der Waals surface area contributed by atoms with Crippen LogP contribution in [0.15, 0.2) is 29.3 Å². The predicted octanol–water partition coefficient (Wildman–Crippen LogP) is 2.66. The van der Waals surface area contributed by atoms with E-state index in [1.807, 2.05) is 13.8 Å². The Labute approximate surface area is 174 Å². The Hall–Kier alpha value is -2.28. The highest BCUT2D eigenvalue weighted by atomic mass is 16.5. The lowest BCUT2D eigenvalue weighted by Gasteiger charge is -2.27. The average Bonchev–Trinajstić information content (AvgIpc) is 3.18. The van der Waals surface area contributed by atoms with E-state index < -0.39 is 0 Å². The first-order chi connectivity index (χ1) is 14.1. The van der Waals surface area contributed by atoms with Gasteiger partial charge in [-0.2, -0.15) is 0 Å². The van der Waals surface area contributed by atoms with E-state index in [0.29, 0.717) is 13.1 Å². The van der Waals surface area contributed by atoms with Crippen LogP contribution in [-0.4, -0.2) is 56.4 Å². The molecule has 0 aliphatic heterocycles. The van der Waals surface area contributed by atoms with E-state index in [1.54, 1.807) is 18.2 Å². The first-order valence-corrected chi connectivity index (χ1v) is 10.8. The molecule has 0 saturated heterocycles. The van der Waals surface area contributed by atoms with Crippen molar-refractivity contribution in [1.29, 1.82) is 0 Å². The van der Waals surface area contributed by atoms with Crippen LogP contribution < -0.4 is 16.0 Å². The molecule has 4 N–H and O–H groups in total. The number of rotatable bonds is 11. The van der Waals surface area contributed by atoms with E-state index in [2.05, 4.69) is 16.0 Å². The number of amides is 1. The molecule has 0 unspecified atom stereocenters. The van der Waals surface area contributed by atoms with Gasteiger partial charge in [-0.25, -0.2) is 0 Å². The Bertz CT molecular complexity index is 657. The molecule has 1 aliphatic rings. The third kappa shape index (κ3) is 7.57. The molecule has 162 valence electrons. The number of phenolic OH excluding ortho intramolecular Hbond substituents is 1. The maximum absolute atomic E-state index is 12.1. The number of benzene rings is 1. The summed E-state index contributed by atoms with van der Waals surface area (Å²) in [4.78, 5) is 17.0. The molecule has 0 atom stereocenters. The van der Waals surface area contributed by atoms with Gasteiger partial charge in [-0.15, -0.1) is 0 Å². The van der Waals surface area contributed by atoms with E-state index in [1.165, 1.54) is 31.7 Å². The molecule has 1 amide bonds. The monoisotopic (exact) mass is 404 g/mol. The van der Waals surface area contributed by atoms with Gasteiger partial charge in [0.2, 0.25) is 0 Å². The number of para-hydroxylation sites is 1. The highest BCUT2D eigenvalue weighted by Gasteiger charge is 2.33. The van der Waals surface area contributed by atoms with Crippen LogP contribution in [0.3, 0.4) is 0 Å².